The molecule has 0 radical (unpaired) electrons. The van der Waals surface area contributed by atoms with Crippen molar-refractivity contribution in [3.05, 3.63) is 40.2 Å². The van der Waals surface area contributed by atoms with Gasteiger partial charge in [0.2, 0.25) is 0 Å². The van der Waals surface area contributed by atoms with E-state index >= 15 is 0 Å². The molecule has 2 aromatic rings. The third-order valence-corrected chi connectivity index (χ3v) is 5.09. The van der Waals surface area contributed by atoms with Gasteiger partial charge in [0.05, 0.1) is 10.7 Å². The first-order chi connectivity index (χ1) is 10.6. The van der Waals surface area contributed by atoms with Gasteiger partial charge in [-0.3, -0.25) is 4.79 Å². The highest BCUT2D eigenvalue weighted by molar-refractivity contribution is 7.09. The number of benzene rings is 1. The van der Waals surface area contributed by atoms with Crippen LogP contribution in [0.2, 0.25) is 0 Å². The van der Waals surface area contributed by atoms with Crippen LogP contribution in [0.5, 0.6) is 0 Å². The highest BCUT2D eigenvalue weighted by Crippen LogP contribution is 2.23. The van der Waals surface area contributed by atoms with E-state index in [1.54, 1.807) is 11.3 Å². The van der Waals surface area contributed by atoms with E-state index in [2.05, 4.69) is 24.1 Å². The van der Waals surface area contributed by atoms with E-state index in [0.717, 1.165) is 34.9 Å². The summed E-state index contributed by atoms with van der Waals surface area (Å²) in [6, 6.07) is 8.32. The molecule has 1 N–H and O–H groups in total. The molecule has 1 fully saturated rings. The first kappa shape index (κ1) is 15.2. The van der Waals surface area contributed by atoms with Crippen molar-refractivity contribution in [2.75, 3.05) is 13.1 Å². The number of hydrogen-bond donors (Lipinski definition) is 1. The molecule has 116 valence electrons. The molecule has 1 aromatic carbocycles. The van der Waals surface area contributed by atoms with Crippen molar-refractivity contribution < 1.29 is 4.79 Å². The lowest BCUT2D eigenvalue weighted by Crippen LogP contribution is -2.57. The van der Waals surface area contributed by atoms with Gasteiger partial charge in [-0.25, -0.2) is 4.98 Å². The second kappa shape index (κ2) is 6.18. The molecular formula is C17H21N3OS. The van der Waals surface area contributed by atoms with Gasteiger partial charge < -0.3 is 10.2 Å². The Kier molecular flexibility index (Phi) is 4.27. The predicted octanol–water partition coefficient (Wildman–Crippen LogP) is 2.94. The smallest absolute Gasteiger partial charge is 0.254 e. The Morgan fingerprint density at radius 3 is 2.95 bits per heavy atom. The molecule has 1 aliphatic heterocycles. The van der Waals surface area contributed by atoms with Crippen LogP contribution in [0.25, 0.3) is 11.3 Å². The predicted molar refractivity (Wildman–Crippen MR) is 90.3 cm³/mol. The van der Waals surface area contributed by atoms with E-state index < -0.39 is 0 Å². The summed E-state index contributed by atoms with van der Waals surface area (Å²) in [7, 11) is 0. The van der Waals surface area contributed by atoms with E-state index in [-0.39, 0.29) is 11.9 Å². The summed E-state index contributed by atoms with van der Waals surface area (Å²) in [4.78, 5) is 19.3. The fourth-order valence-corrected chi connectivity index (χ4v) is 3.44. The lowest BCUT2D eigenvalue weighted by Gasteiger charge is -2.38. The quantitative estimate of drug-likeness (QED) is 0.927. The highest BCUT2D eigenvalue weighted by Gasteiger charge is 2.28. The number of carbonyl (C=O) groups is 1. The van der Waals surface area contributed by atoms with Gasteiger partial charge in [-0.1, -0.05) is 12.1 Å². The molecule has 0 aliphatic carbocycles. The summed E-state index contributed by atoms with van der Waals surface area (Å²) >= 11 is 1.63. The van der Waals surface area contributed by atoms with Gasteiger partial charge >= 0.3 is 0 Å². The van der Waals surface area contributed by atoms with E-state index in [1.807, 2.05) is 41.5 Å². The average molecular weight is 315 g/mol. The monoisotopic (exact) mass is 315 g/mol. The number of carbonyl (C=O) groups excluding carboxylic acids is 1. The number of rotatable bonds is 2. The summed E-state index contributed by atoms with van der Waals surface area (Å²) in [5.41, 5.74) is 2.69. The Labute approximate surface area is 135 Å². The average Bonchev–Trinajstić information content (AvgIpc) is 2.96. The van der Waals surface area contributed by atoms with Crippen LogP contribution in [-0.2, 0) is 0 Å². The van der Waals surface area contributed by atoms with E-state index in [0.29, 0.717) is 6.04 Å². The maximum absolute atomic E-state index is 12.8. The maximum atomic E-state index is 12.8. The maximum Gasteiger partial charge on any atom is 0.254 e. The highest BCUT2D eigenvalue weighted by atomic mass is 32.1. The van der Waals surface area contributed by atoms with Crippen LogP contribution in [-0.4, -0.2) is 41.0 Å². The fraction of sp³-hybridized carbons (Fsp3) is 0.412. The summed E-state index contributed by atoms with van der Waals surface area (Å²) in [6.07, 6.45) is 0. The molecule has 0 saturated carbocycles. The fourth-order valence-electron chi connectivity index (χ4n) is 2.82. The number of thiazole rings is 1. The molecule has 1 aromatic heterocycles. The lowest BCUT2D eigenvalue weighted by atomic mass is 10.0. The number of nitrogens with one attached hydrogen (secondary N) is 1. The molecule has 2 atom stereocenters. The molecule has 3 rings (SSSR count). The van der Waals surface area contributed by atoms with Crippen LogP contribution in [0.1, 0.15) is 29.2 Å². The molecule has 5 heteroatoms. The summed E-state index contributed by atoms with van der Waals surface area (Å²) < 4.78 is 0. The number of aryl methyl sites for hydroxylation is 1. The van der Waals surface area contributed by atoms with Gasteiger partial charge in [0.15, 0.2) is 0 Å². The van der Waals surface area contributed by atoms with Crippen molar-refractivity contribution in [3.63, 3.8) is 0 Å². The molecule has 0 bridgehead atoms. The largest absolute Gasteiger partial charge is 0.333 e. The second-order valence-electron chi connectivity index (χ2n) is 5.81. The number of hydrogen-bond acceptors (Lipinski definition) is 4. The van der Waals surface area contributed by atoms with Gasteiger partial charge in [0, 0.05) is 41.7 Å². The zero-order chi connectivity index (χ0) is 15.7. The number of nitrogens with zero attached hydrogens (tertiary/aromatic N) is 2. The van der Waals surface area contributed by atoms with Gasteiger partial charge in [-0.2, -0.15) is 0 Å². The van der Waals surface area contributed by atoms with Gasteiger partial charge in [-0.15, -0.1) is 11.3 Å². The van der Waals surface area contributed by atoms with Crippen LogP contribution >= 0.6 is 11.3 Å². The molecular weight excluding hydrogens is 294 g/mol. The van der Waals surface area contributed by atoms with Crippen molar-refractivity contribution >= 4 is 17.2 Å². The first-order valence-corrected chi connectivity index (χ1v) is 8.51. The number of piperazine rings is 1. The third-order valence-electron chi connectivity index (χ3n) is 4.32. The lowest BCUT2D eigenvalue weighted by molar-refractivity contribution is 0.0603. The summed E-state index contributed by atoms with van der Waals surface area (Å²) in [5.74, 6) is 0.106. The van der Waals surface area contributed by atoms with E-state index in [9.17, 15) is 4.79 Å². The van der Waals surface area contributed by atoms with Crippen LogP contribution in [0.4, 0.5) is 0 Å². The Morgan fingerprint density at radius 1 is 1.41 bits per heavy atom. The van der Waals surface area contributed by atoms with Crippen molar-refractivity contribution in [1.29, 1.82) is 0 Å². The summed E-state index contributed by atoms with van der Waals surface area (Å²) in [6.45, 7) is 7.82. The van der Waals surface area contributed by atoms with Crippen LogP contribution in [0.15, 0.2) is 29.6 Å². The Morgan fingerprint density at radius 2 is 2.23 bits per heavy atom. The van der Waals surface area contributed by atoms with Crippen molar-refractivity contribution in [2.24, 2.45) is 0 Å². The zero-order valence-electron chi connectivity index (χ0n) is 13.2. The van der Waals surface area contributed by atoms with Gasteiger partial charge in [0.25, 0.3) is 5.91 Å². The first-order valence-electron chi connectivity index (χ1n) is 7.63. The molecule has 1 aliphatic rings. The third kappa shape index (κ3) is 2.91. The molecule has 22 heavy (non-hydrogen) atoms. The molecule has 1 saturated heterocycles. The number of aromatic nitrogens is 1. The normalized spacial score (nSPS) is 21.9. The Balaban J connectivity index is 1.87. The van der Waals surface area contributed by atoms with E-state index in [1.165, 1.54) is 0 Å². The molecule has 2 unspecified atom stereocenters. The van der Waals surface area contributed by atoms with Crippen LogP contribution in [0.3, 0.4) is 0 Å². The topological polar surface area (TPSA) is 45.2 Å². The Hall–Kier alpha value is -1.72. The van der Waals surface area contributed by atoms with Gasteiger partial charge in [0.1, 0.15) is 0 Å². The van der Waals surface area contributed by atoms with Crippen LogP contribution in [0, 0.1) is 6.92 Å². The minimum Gasteiger partial charge on any atom is -0.333 e. The summed E-state index contributed by atoms with van der Waals surface area (Å²) in [5, 5.41) is 6.48. The molecule has 4 nitrogen and oxygen atoms in total. The van der Waals surface area contributed by atoms with Crippen molar-refractivity contribution in [3.8, 4) is 11.3 Å². The Bertz CT molecular complexity index is 682. The zero-order valence-corrected chi connectivity index (χ0v) is 14.0. The molecule has 2 heterocycles. The molecule has 1 amide bonds. The molecule has 0 spiro atoms. The minimum atomic E-state index is 0.106. The number of amides is 1. The SMILES string of the molecule is Cc1nc(-c2cccc(C(=O)N3CCNC(C)C3C)c2)cs1. The van der Waals surface area contributed by atoms with Crippen LogP contribution < -0.4 is 5.32 Å². The van der Waals surface area contributed by atoms with Crippen molar-refractivity contribution in [1.82, 2.24) is 15.2 Å². The minimum absolute atomic E-state index is 0.106. The van der Waals surface area contributed by atoms with E-state index in [4.69, 9.17) is 0 Å². The van der Waals surface area contributed by atoms with Gasteiger partial charge in [-0.05, 0) is 32.9 Å². The standard InChI is InChI=1S/C17H21N3OS/c1-11-12(2)20(8-7-18-11)17(21)15-6-4-5-14(9-15)16-10-22-13(3)19-16/h4-6,9-12,18H,7-8H2,1-3H3. The van der Waals surface area contributed by atoms with Crippen molar-refractivity contribution in [2.45, 2.75) is 32.9 Å². The second-order valence-corrected chi connectivity index (χ2v) is 6.88.